The van der Waals surface area contributed by atoms with Crippen molar-refractivity contribution in [3.05, 3.63) is 67.0 Å². The van der Waals surface area contributed by atoms with Crippen LogP contribution in [0.15, 0.2) is 52.2 Å². The summed E-state index contributed by atoms with van der Waals surface area (Å²) in [6, 6.07) is 12.9. The number of benzene rings is 2. The zero-order chi connectivity index (χ0) is 19.4. The smallest absolute Gasteiger partial charge is 0.280 e. The Morgan fingerprint density at radius 3 is 2.74 bits per heavy atom. The van der Waals surface area contributed by atoms with Gasteiger partial charge in [0.05, 0.1) is 29.1 Å². The van der Waals surface area contributed by atoms with E-state index >= 15 is 0 Å². The number of H-pyrrole nitrogens is 1. The van der Waals surface area contributed by atoms with Gasteiger partial charge in [-0.3, -0.25) is 9.89 Å². The molecule has 0 aliphatic rings. The predicted octanol–water partition coefficient (Wildman–Crippen LogP) is 2.61. The van der Waals surface area contributed by atoms with Gasteiger partial charge in [0.25, 0.3) is 5.56 Å². The van der Waals surface area contributed by atoms with Gasteiger partial charge in [0.1, 0.15) is 11.2 Å². The van der Waals surface area contributed by atoms with Crippen molar-refractivity contribution in [2.45, 2.75) is 4.90 Å². The first-order chi connectivity index (χ1) is 13.0. The Morgan fingerprint density at radius 2 is 2.07 bits per heavy atom. The van der Waals surface area contributed by atoms with E-state index in [0.29, 0.717) is 22.0 Å². The van der Waals surface area contributed by atoms with Crippen molar-refractivity contribution >= 4 is 52.8 Å². The summed E-state index contributed by atoms with van der Waals surface area (Å²) in [5, 5.41) is 17.8. The molecule has 1 aromatic heterocycles. The van der Waals surface area contributed by atoms with Gasteiger partial charge in [-0.2, -0.15) is 5.26 Å². The summed E-state index contributed by atoms with van der Waals surface area (Å²) < 4.78 is 7.90. The molecule has 1 heterocycles. The first kappa shape index (κ1) is 19.1. The number of nitrogens with zero attached hydrogens (tertiary/aromatic N) is 2. The largest absolute Gasteiger partial charge is 0.495 e. The van der Waals surface area contributed by atoms with Crippen molar-refractivity contribution in [2.75, 3.05) is 12.4 Å². The molecule has 0 spiro atoms. The molecule has 0 fully saturated rings. The van der Waals surface area contributed by atoms with Crippen LogP contribution in [0.3, 0.4) is 0 Å². The summed E-state index contributed by atoms with van der Waals surface area (Å²) in [4.78, 5) is 13.5. The molecule has 3 rings (SSSR count). The number of nitriles is 1. The van der Waals surface area contributed by atoms with E-state index in [1.54, 1.807) is 31.5 Å². The molecule has 0 aliphatic carbocycles. The predicted molar refractivity (Wildman–Crippen MR) is 116 cm³/mol. The molecule has 6 nitrogen and oxygen atoms in total. The lowest BCUT2D eigenvalue weighted by atomic mass is 10.3. The molecule has 0 amide bonds. The zero-order valence-corrected chi connectivity index (χ0v) is 17.3. The maximum absolute atomic E-state index is 12.7. The van der Waals surface area contributed by atoms with Crippen LogP contribution in [0.25, 0.3) is 18.5 Å². The van der Waals surface area contributed by atoms with E-state index in [0.717, 1.165) is 25.9 Å². The molecule has 0 saturated carbocycles. The molecule has 136 valence electrons. The Bertz CT molecular complexity index is 1180. The molecular weight excluding hydrogens is 475 g/mol. The fourth-order valence-corrected chi connectivity index (χ4v) is 3.24. The minimum absolute atomic E-state index is 0.204. The SMILES string of the molecule is C=c1[nH]n(-c2ccc(I)cc2)c(=O)c1=CNc1ccc(SC#N)cc1OC. The van der Waals surface area contributed by atoms with Crippen molar-refractivity contribution in [2.24, 2.45) is 0 Å². The van der Waals surface area contributed by atoms with Gasteiger partial charge < -0.3 is 10.1 Å². The molecular formula is C19H15IN4O2S. The minimum atomic E-state index is -0.204. The van der Waals surface area contributed by atoms with E-state index < -0.39 is 0 Å². The number of halogens is 1. The fourth-order valence-electron chi connectivity index (χ4n) is 2.47. The highest BCUT2D eigenvalue weighted by molar-refractivity contribution is 14.1. The number of hydrogen-bond donors (Lipinski definition) is 2. The van der Waals surface area contributed by atoms with E-state index in [1.165, 1.54) is 4.68 Å². The second-order valence-electron chi connectivity index (χ2n) is 5.47. The van der Waals surface area contributed by atoms with Crippen molar-refractivity contribution in [1.82, 2.24) is 9.78 Å². The minimum Gasteiger partial charge on any atom is -0.495 e. The van der Waals surface area contributed by atoms with Crippen LogP contribution in [0.5, 0.6) is 5.75 Å². The van der Waals surface area contributed by atoms with Crippen molar-refractivity contribution in [3.63, 3.8) is 0 Å². The maximum Gasteiger partial charge on any atom is 0.280 e. The van der Waals surface area contributed by atoms with Crippen LogP contribution in [0.1, 0.15) is 0 Å². The topological polar surface area (TPSA) is 82.8 Å². The summed E-state index contributed by atoms with van der Waals surface area (Å²) in [5.41, 5.74) is 1.21. The number of thiocyanates is 1. The molecule has 0 atom stereocenters. The second-order valence-corrected chi connectivity index (χ2v) is 7.57. The lowest BCUT2D eigenvalue weighted by molar-refractivity contribution is 0.416. The molecule has 0 radical (unpaired) electrons. The molecule has 0 unspecified atom stereocenters. The highest BCUT2D eigenvalue weighted by Gasteiger charge is 2.07. The quantitative estimate of drug-likeness (QED) is 0.327. The Morgan fingerprint density at radius 1 is 1.33 bits per heavy atom. The number of anilines is 1. The molecule has 27 heavy (non-hydrogen) atoms. The van der Waals surface area contributed by atoms with Gasteiger partial charge in [0.15, 0.2) is 0 Å². The lowest BCUT2D eigenvalue weighted by Crippen LogP contribution is -2.34. The van der Waals surface area contributed by atoms with E-state index in [-0.39, 0.29) is 5.56 Å². The normalized spacial score (nSPS) is 11.2. The Balaban J connectivity index is 1.97. The third-order valence-corrected chi connectivity index (χ3v) is 5.10. The van der Waals surface area contributed by atoms with E-state index in [2.05, 4.69) is 39.6 Å². The number of aromatic nitrogens is 2. The van der Waals surface area contributed by atoms with Crippen LogP contribution in [-0.4, -0.2) is 16.9 Å². The standard InChI is InChI=1S/C19H15IN4O2S/c1-12-16(19(25)24(23-12)14-5-3-13(20)4-6-14)10-22-17-8-7-15(27-11-21)9-18(17)26-2/h3-10,22-23H,1H2,2H3. The maximum atomic E-state index is 12.7. The van der Waals surface area contributed by atoms with Crippen LogP contribution in [-0.2, 0) is 0 Å². The highest BCUT2D eigenvalue weighted by Crippen LogP contribution is 2.29. The average Bonchev–Trinajstić information content (AvgIpc) is 2.95. The van der Waals surface area contributed by atoms with Gasteiger partial charge in [-0.1, -0.05) is 6.58 Å². The van der Waals surface area contributed by atoms with E-state index in [9.17, 15) is 4.79 Å². The monoisotopic (exact) mass is 490 g/mol. The third kappa shape index (κ3) is 4.20. The fraction of sp³-hybridized carbons (Fsp3) is 0.0526. The van der Waals surface area contributed by atoms with Gasteiger partial charge in [0, 0.05) is 14.7 Å². The van der Waals surface area contributed by atoms with Crippen LogP contribution in [0.2, 0.25) is 0 Å². The number of thioether (sulfide) groups is 1. The van der Waals surface area contributed by atoms with E-state index in [1.807, 2.05) is 29.7 Å². The molecule has 0 saturated heterocycles. The number of aromatic amines is 1. The first-order valence-electron chi connectivity index (χ1n) is 7.80. The molecule has 8 heteroatoms. The van der Waals surface area contributed by atoms with Crippen LogP contribution < -0.4 is 26.2 Å². The van der Waals surface area contributed by atoms with Crippen molar-refractivity contribution in [1.29, 1.82) is 5.26 Å². The van der Waals surface area contributed by atoms with Crippen LogP contribution in [0.4, 0.5) is 5.69 Å². The molecule has 2 N–H and O–H groups in total. The van der Waals surface area contributed by atoms with Gasteiger partial charge in [-0.15, -0.1) is 0 Å². The summed E-state index contributed by atoms with van der Waals surface area (Å²) in [6.45, 7) is 3.92. The second kappa shape index (κ2) is 8.37. The summed E-state index contributed by atoms with van der Waals surface area (Å²) in [6.07, 6.45) is 1.60. The number of ether oxygens (including phenoxy) is 1. The Labute approximate surface area is 173 Å². The highest BCUT2D eigenvalue weighted by atomic mass is 127. The summed E-state index contributed by atoms with van der Waals surface area (Å²) >= 11 is 3.27. The third-order valence-electron chi connectivity index (χ3n) is 3.80. The zero-order valence-electron chi connectivity index (χ0n) is 14.3. The molecule has 0 aliphatic heterocycles. The van der Waals surface area contributed by atoms with Gasteiger partial charge in [-0.05, 0) is 76.8 Å². The molecule has 3 aromatic rings. The Hall–Kier alpha value is -2.64. The lowest BCUT2D eigenvalue weighted by Gasteiger charge is -2.08. The number of nitrogens with one attached hydrogen (secondary N) is 2. The number of hydrogen-bond acceptors (Lipinski definition) is 5. The molecule has 0 bridgehead atoms. The number of methoxy groups -OCH3 is 1. The first-order valence-corrected chi connectivity index (χ1v) is 9.69. The summed E-state index contributed by atoms with van der Waals surface area (Å²) in [7, 11) is 1.55. The van der Waals surface area contributed by atoms with Crippen LogP contribution >= 0.6 is 34.4 Å². The molecule has 2 aromatic carbocycles. The van der Waals surface area contributed by atoms with E-state index in [4.69, 9.17) is 10.00 Å². The van der Waals surface area contributed by atoms with Gasteiger partial charge in [0.2, 0.25) is 0 Å². The van der Waals surface area contributed by atoms with Gasteiger partial charge >= 0.3 is 0 Å². The van der Waals surface area contributed by atoms with Crippen LogP contribution in [0, 0.1) is 14.2 Å². The Kier molecular flexibility index (Phi) is 5.93. The van der Waals surface area contributed by atoms with Crippen molar-refractivity contribution in [3.8, 4) is 16.8 Å². The number of rotatable bonds is 5. The summed E-state index contributed by atoms with van der Waals surface area (Å²) in [5.74, 6) is 0.575. The van der Waals surface area contributed by atoms with Crippen molar-refractivity contribution < 1.29 is 4.74 Å². The average molecular weight is 490 g/mol. The van der Waals surface area contributed by atoms with Gasteiger partial charge in [-0.25, -0.2) is 4.68 Å².